The van der Waals surface area contributed by atoms with E-state index in [9.17, 15) is 9.18 Å². The largest absolute Gasteiger partial charge is 0.488 e. The summed E-state index contributed by atoms with van der Waals surface area (Å²) in [6.07, 6.45) is 4.95. The Morgan fingerprint density at radius 2 is 1.78 bits per heavy atom. The second-order valence-corrected chi connectivity index (χ2v) is 10.2. The molecular formula is C30H32F2N2O3. The van der Waals surface area contributed by atoms with E-state index in [1.807, 2.05) is 18.2 Å². The number of anilines is 1. The van der Waals surface area contributed by atoms with Crippen LogP contribution in [-0.2, 0) is 29.1 Å². The van der Waals surface area contributed by atoms with Gasteiger partial charge in [0.2, 0.25) is 0 Å². The topological polar surface area (TPSA) is 64.8 Å². The number of nitrogens with two attached hydrogens (primary N) is 1. The number of carbonyl (C=O) groups is 1. The summed E-state index contributed by atoms with van der Waals surface area (Å²) in [5, 5.41) is 0. The molecule has 1 spiro atoms. The van der Waals surface area contributed by atoms with Gasteiger partial charge in [0.15, 0.2) is 0 Å². The van der Waals surface area contributed by atoms with E-state index in [0.717, 1.165) is 29.9 Å². The van der Waals surface area contributed by atoms with Crippen LogP contribution in [0.4, 0.5) is 14.5 Å². The maximum atomic E-state index is 15.3. The van der Waals surface area contributed by atoms with E-state index in [2.05, 4.69) is 11.0 Å². The van der Waals surface area contributed by atoms with Gasteiger partial charge < -0.3 is 20.1 Å². The summed E-state index contributed by atoms with van der Waals surface area (Å²) in [6.45, 7) is 2.17. The summed E-state index contributed by atoms with van der Waals surface area (Å²) in [7, 11) is 1.31. The first-order valence-electron chi connectivity index (χ1n) is 12.7. The number of halogens is 2. The van der Waals surface area contributed by atoms with Gasteiger partial charge in [0, 0.05) is 48.1 Å². The van der Waals surface area contributed by atoms with Crippen LogP contribution in [0, 0.1) is 17.0 Å². The lowest BCUT2D eigenvalue weighted by molar-refractivity contribution is -0.139. The Labute approximate surface area is 216 Å². The molecule has 0 radical (unpaired) electrons. The van der Waals surface area contributed by atoms with Gasteiger partial charge in [0.1, 0.15) is 24.0 Å². The number of ether oxygens (including phenoxy) is 2. The molecule has 1 saturated heterocycles. The SMILES string of the molecule is COC(=O)Cc1ccc(F)cc1OCc1cc(-c2cccc(CN)c2F)cc(N2CCC3(CC2)CC3)c1. The molecule has 5 nitrogen and oxygen atoms in total. The minimum Gasteiger partial charge on any atom is -0.488 e. The van der Waals surface area contributed by atoms with Gasteiger partial charge in [-0.15, -0.1) is 0 Å². The summed E-state index contributed by atoms with van der Waals surface area (Å²) >= 11 is 0. The summed E-state index contributed by atoms with van der Waals surface area (Å²) in [5.74, 6) is -0.937. The molecule has 1 aliphatic carbocycles. The molecule has 0 unspecified atom stereocenters. The molecule has 1 heterocycles. The van der Waals surface area contributed by atoms with Gasteiger partial charge in [-0.05, 0) is 66.5 Å². The fourth-order valence-electron chi connectivity index (χ4n) is 5.17. The number of piperidine rings is 1. The minimum absolute atomic E-state index is 0.0238. The molecule has 0 atom stereocenters. The first-order valence-corrected chi connectivity index (χ1v) is 12.7. The molecule has 7 heteroatoms. The second kappa shape index (κ2) is 10.5. The molecular weight excluding hydrogens is 474 g/mol. The van der Waals surface area contributed by atoms with Gasteiger partial charge in [0.25, 0.3) is 0 Å². The minimum atomic E-state index is -0.457. The zero-order valence-electron chi connectivity index (χ0n) is 21.1. The lowest BCUT2D eigenvalue weighted by Gasteiger charge is -2.34. The molecule has 2 fully saturated rings. The molecule has 5 rings (SSSR count). The van der Waals surface area contributed by atoms with Gasteiger partial charge in [-0.25, -0.2) is 8.78 Å². The van der Waals surface area contributed by atoms with E-state index in [-0.39, 0.29) is 31.1 Å². The summed E-state index contributed by atoms with van der Waals surface area (Å²) < 4.78 is 40.1. The van der Waals surface area contributed by atoms with E-state index in [0.29, 0.717) is 22.1 Å². The lowest BCUT2D eigenvalue weighted by Crippen LogP contribution is -2.34. The Morgan fingerprint density at radius 3 is 2.49 bits per heavy atom. The first kappa shape index (κ1) is 25.2. The van der Waals surface area contributed by atoms with Crippen LogP contribution in [0.5, 0.6) is 5.75 Å². The number of esters is 1. The zero-order valence-corrected chi connectivity index (χ0v) is 21.1. The Hall–Kier alpha value is -3.45. The Kier molecular flexibility index (Phi) is 7.15. The van der Waals surface area contributed by atoms with Gasteiger partial charge >= 0.3 is 5.97 Å². The molecule has 0 amide bonds. The zero-order chi connectivity index (χ0) is 26.0. The van der Waals surface area contributed by atoms with Crippen molar-refractivity contribution in [2.24, 2.45) is 11.1 Å². The van der Waals surface area contributed by atoms with Crippen LogP contribution in [0.25, 0.3) is 11.1 Å². The monoisotopic (exact) mass is 506 g/mol. The average molecular weight is 507 g/mol. The van der Waals surface area contributed by atoms with Gasteiger partial charge in [-0.2, -0.15) is 0 Å². The van der Waals surface area contributed by atoms with Crippen LogP contribution in [0.15, 0.2) is 54.6 Å². The normalized spacial score (nSPS) is 16.1. The number of methoxy groups -OCH3 is 1. The molecule has 194 valence electrons. The third-order valence-electron chi connectivity index (χ3n) is 7.72. The van der Waals surface area contributed by atoms with Crippen molar-refractivity contribution in [1.82, 2.24) is 0 Å². The molecule has 3 aromatic rings. The smallest absolute Gasteiger partial charge is 0.310 e. The van der Waals surface area contributed by atoms with Crippen molar-refractivity contribution in [3.8, 4) is 16.9 Å². The van der Waals surface area contributed by atoms with Crippen molar-refractivity contribution in [2.75, 3.05) is 25.1 Å². The molecule has 1 saturated carbocycles. The first-order chi connectivity index (χ1) is 17.9. The molecule has 37 heavy (non-hydrogen) atoms. The highest BCUT2D eigenvalue weighted by atomic mass is 19.1. The van der Waals surface area contributed by atoms with Gasteiger partial charge in [0.05, 0.1) is 13.5 Å². The predicted molar refractivity (Wildman–Crippen MR) is 139 cm³/mol. The highest BCUT2D eigenvalue weighted by Crippen LogP contribution is 2.54. The Balaban J connectivity index is 1.46. The lowest BCUT2D eigenvalue weighted by atomic mass is 9.92. The summed E-state index contributed by atoms with van der Waals surface area (Å²) in [6, 6.07) is 15.3. The standard InChI is InChI=1S/C30H32F2N2O3/c1-36-28(35)16-21-5-6-24(31)17-27(21)37-19-20-13-23(26-4-2-3-22(18-33)29(26)32)15-25(14-20)34-11-9-30(7-8-30)10-12-34/h2-6,13-15,17H,7-12,16,18-19,33H2,1H3. The maximum Gasteiger partial charge on any atom is 0.310 e. The van der Waals surface area contributed by atoms with Crippen molar-refractivity contribution in [3.63, 3.8) is 0 Å². The van der Waals surface area contributed by atoms with Crippen LogP contribution in [0.1, 0.15) is 42.4 Å². The Bertz CT molecular complexity index is 1300. The summed E-state index contributed by atoms with van der Waals surface area (Å²) in [5.41, 5.74) is 10.4. The number of benzene rings is 3. The van der Waals surface area contributed by atoms with Crippen LogP contribution >= 0.6 is 0 Å². The van der Waals surface area contributed by atoms with Crippen LogP contribution in [0.3, 0.4) is 0 Å². The molecule has 0 bridgehead atoms. The van der Waals surface area contributed by atoms with Crippen molar-refractivity contribution in [2.45, 2.75) is 45.3 Å². The van der Waals surface area contributed by atoms with Crippen molar-refractivity contribution >= 4 is 11.7 Å². The van der Waals surface area contributed by atoms with Gasteiger partial charge in [-0.1, -0.05) is 24.3 Å². The summed E-state index contributed by atoms with van der Waals surface area (Å²) in [4.78, 5) is 14.2. The van der Waals surface area contributed by atoms with Crippen molar-refractivity contribution < 1.29 is 23.0 Å². The highest BCUT2D eigenvalue weighted by Gasteiger charge is 2.44. The second-order valence-electron chi connectivity index (χ2n) is 10.2. The number of rotatable bonds is 8. The van der Waals surface area contributed by atoms with Gasteiger partial charge in [-0.3, -0.25) is 4.79 Å². The molecule has 2 aliphatic rings. The average Bonchev–Trinajstić information content (AvgIpc) is 3.67. The highest BCUT2D eigenvalue weighted by molar-refractivity contribution is 5.73. The number of hydrogen-bond donors (Lipinski definition) is 1. The quantitative estimate of drug-likeness (QED) is 0.393. The van der Waals surface area contributed by atoms with E-state index in [1.54, 1.807) is 12.1 Å². The number of carbonyl (C=O) groups excluding carboxylic acids is 1. The fraction of sp³-hybridized carbons (Fsp3) is 0.367. The van der Waals surface area contributed by atoms with Crippen molar-refractivity contribution in [1.29, 1.82) is 0 Å². The third kappa shape index (κ3) is 5.62. The fourth-order valence-corrected chi connectivity index (χ4v) is 5.17. The van der Waals surface area contributed by atoms with E-state index in [1.165, 1.54) is 51.0 Å². The van der Waals surface area contributed by atoms with E-state index >= 15 is 4.39 Å². The maximum absolute atomic E-state index is 15.3. The Morgan fingerprint density at radius 1 is 1.00 bits per heavy atom. The number of hydrogen-bond acceptors (Lipinski definition) is 5. The van der Waals surface area contributed by atoms with E-state index in [4.69, 9.17) is 15.2 Å². The van der Waals surface area contributed by atoms with Crippen LogP contribution in [0.2, 0.25) is 0 Å². The van der Waals surface area contributed by atoms with E-state index < -0.39 is 11.8 Å². The third-order valence-corrected chi connectivity index (χ3v) is 7.72. The molecule has 1 aliphatic heterocycles. The van der Waals surface area contributed by atoms with Crippen molar-refractivity contribution in [3.05, 3.63) is 82.9 Å². The molecule has 2 N–H and O–H groups in total. The number of nitrogens with zero attached hydrogens (tertiary/aromatic N) is 1. The van der Waals surface area contributed by atoms with Crippen LogP contribution in [-0.4, -0.2) is 26.2 Å². The molecule has 3 aromatic carbocycles. The van der Waals surface area contributed by atoms with Crippen LogP contribution < -0.4 is 15.4 Å². The molecule has 0 aromatic heterocycles. The predicted octanol–water partition coefficient (Wildman–Crippen LogP) is 5.77.